The Labute approximate surface area is 233 Å². The highest BCUT2D eigenvalue weighted by Crippen LogP contribution is 2.35. The van der Waals surface area contributed by atoms with E-state index in [0.29, 0.717) is 39.2 Å². The molecule has 0 fully saturated rings. The highest BCUT2D eigenvalue weighted by molar-refractivity contribution is 8.14. The van der Waals surface area contributed by atoms with Gasteiger partial charge in [-0.25, -0.2) is 4.99 Å². The minimum atomic E-state index is -0.545. The van der Waals surface area contributed by atoms with Crippen LogP contribution < -0.4 is 24.4 Å². The third kappa shape index (κ3) is 5.47. The number of thioether (sulfide) groups is 1. The number of carbonyl (C=O) groups is 2. The van der Waals surface area contributed by atoms with Crippen LogP contribution in [-0.4, -0.2) is 41.6 Å². The molecule has 11 nitrogen and oxygen atoms in total. The molecule has 0 atom stereocenters. The van der Waals surface area contributed by atoms with Gasteiger partial charge in [-0.1, -0.05) is 35.5 Å². The SMILES string of the molecule is COc1cc(NC(=O)CSC2=N/C(=C/c3ccc4c(c3)OCO4)C(=O)N2c2ccc(C)cc2)c(C)cc1[N+](=O)[O-]. The van der Waals surface area contributed by atoms with Gasteiger partial charge >= 0.3 is 5.69 Å². The van der Waals surface area contributed by atoms with E-state index in [9.17, 15) is 19.7 Å². The quantitative estimate of drug-likeness (QED) is 0.241. The Morgan fingerprint density at radius 3 is 2.62 bits per heavy atom. The number of nitrogens with one attached hydrogen (secondary N) is 1. The Kier molecular flexibility index (Phi) is 7.43. The van der Waals surface area contributed by atoms with Crippen LogP contribution in [0, 0.1) is 24.0 Å². The first-order valence-corrected chi connectivity index (χ1v) is 13.1. The molecule has 0 saturated carbocycles. The molecular formula is C28H24N4O7S. The number of rotatable bonds is 7. The monoisotopic (exact) mass is 560 g/mol. The average Bonchev–Trinajstić information content (AvgIpc) is 3.52. The summed E-state index contributed by atoms with van der Waals surface area (Å²) in [5.74, 6) is 0.478. The van der Waals surface area contributed by atoms with Crippen LogP contribution in [0.5, 0.6) is 17.2 Å². The summed E-state index contributed by atoms with van der Waals surface area (Å²) in [5.41, 5.74) is 3.27. The molecule has 40 heavy (non-hydrogen) atoms. The lowest BCUT2D eigenvalue weighted by Gasteiger charge is -2.18. The summed E-state index contributed by atoms with van der Waals surface area (Å²) in [4.78, 5) is 43.1. The van der Waals surface area contributed by atoms with Gasteiger partial charge in [0, 0.05) is 17.8 Å². The molecule has 0 radical (unpaired) electrons. The highest BCUT2D eigenvalue weighted by Gasteiger charge is 2.32. The van der Waals surface area contributed by atoms with Gasteiger partial charge in [0.15, 0.2) is 22.4 Å². The van der Waals surface area contributed by atoms with Crippen LogP contribution in [-0.2, 0) is 9.59 Å². The number of nitro benzene ring substituents is 1. The van der Waals surface area contributed by atoms with E-state index in [1.807, 2.05) is 31.2 Å². The van der Waals surface area contributed by atoms with E-state index in [1.165, 1.54) is 24.1 Å². The standard InChI is InChI=1S/C28H24N4O7S/c1-16-4-7-19(8-5-16)31-27(34)21(11-18-6-9-23-25(12-18)39-15-38-23)30-28(31)40-14-26(33)29-20-13-24(37-3)22(32(35)36)10-17(20)2/h4-13H,14-15H2,1-3H3,(H,29,33)/b21-11+. The van der Waals surface area contributed by atoms with Crippen molar-refractivity contribution in [2.75, 3.05) is 29.9 Å². The number of hydrogen-bond acceptors (Lipinski definition) is 9. The Balaban J connectivity index is 1.38. The summed E-state index contributed by atoms with van der Waals surface area (Å²) < 4.78 is 15.9. The second-order valence-electron chi connectivity index (χ2n) is 8.95. The molecule has 0 spiro atoms. The Morgan fingerprint density at radius 1 is 1.15 bits per heavy atom. The molecule has 2 aliphatic rings. The number of fused-ring (bicyclic) bond motifs is 1. The van der Waals surface area contributed by atoms with Crippen molar-refractivity contribution in [3.63, 3.8) is 0 Å². The first-order chi connectivity index (χ1) is 19.2. The van der Waals surface area contributed by atoms with E-state index in [2.05, 4.69) is 10.3 Å². The van der Waals surface area contributed by atoms with E-state index in [1.54, 1.807) is 31.2 Å². The van der Waals surface area contributed by atoms with Crippen molar-refractivity contribution in [3.8, 4) is 17.2 Å². The molecule has 5 rings (SSSR count). The fraction of sp³-hybridized carbons (Fsp3) is 0.179. The molecule has 12 heteroatoms. The van der Waals surface area contributed by atoms with Gasteiger partial charge < -0.3 is 19.5 Å². The van der Waals surface area contributed by atoms with Gasteiger partial charge in [0.1, 0.15) is 5.70 Å². The molecule has 3 aromatic carbocycles. The number of carbonyl (C=O) groups excluding carboxylic acids is 2. The molecule has 0 aromatic heterocycles. The topological polar surface area (TPSA) is 133 Å². The molecule has 1 N–H and O–H groups in total. The number of benzene rings is 3. The molecule has 0 bridgehead atoms. The van der Waals surface area contributed by atoms with Crippen molar-refractivity contribution in [3.05, 3.63) is 87.1 Å². The number of nitro groups is 1. The number of aliphatic imine (C=N–C) groups is 1. The van der Waals surface area contributed by atoms with E-state index in [-0.39, 0.29) is 41.5 Å². The second-order valence-corrected chi connectivity index (χ2v) is 9.89. The molecule has 0 aliphatic carbocycles. The Hall–Kier alpha value is -4.84. The summed E-state index contributed by atoms with van der Waals surface area (Å²) in [6.45, 7) is 3.74. The van der Waals surface area contributed by atoms with Gasteiger partial charge in [-0.15, -0.1) is 0 Å². The fourth-order valence-electron chi connectivity index (χ4n) is 4.11. The minimum absolute atomic E-state index is 0.0353. The molecular weight excluding hydrogens is 536 g/mol. The van der Waals surface area contributed by atoms with Crippen molar-refractivity contribution < 1.29 is 28.7 Å². The molecule has 0 saturated heterocycles. The first-order valence-electron chi connectivity index (χ1n) is 12.1. The average molecular weight is 561 g/mol. The third-order valence-electron chi connectivity index (χ3n) is 6.15. The number of methoxy groups -OCH3 is 1. The van der Waals surface area contributed by atoms with Crippen LogP contribution in [0.1, 0.15) is 16.7 Å². The summed E-state index contributed by atoms with van der Waals surface area (Å²) >= 11 is 1.10. The largest absolute Gasteiger partial charge is 0.490 e. The van der Waals surface area contributed by atoms with Gasteiger partial charge in [0.25, 0.3) is 5.91 Å². The van der Waals surface area contributed by atoms with E-state index < -0.39 is 4.92 Å². The minimum Gasteiger partial charge on any atom is -0.490 e. The van der Waals surface area contributed by atoms with Crippen LogP contribution >= 0.6 is 11.8 Å². The molecule has 3 aromatic rings. The van der Waals surface area contributed by atoms with E-state index >= 15 is 0 Å². The number of nitrogens with zero attached hydrogens (tertiary/aromatic N) is 3. The van der Waals surface area contributed by atoms with Gasteiger partial charge in [-0.2, -0.15) is 0 Å². The molecule has 0 unspecified atom stereocenters. The zero-order valence-corrected chi connectivity index (χ0v) is 22.6. The lowest BCUT2D eigenvalue weighted by molar-refractivity contribution is -0.385. The van der Waals surface area contributed by atoms with E-state index in [4.69, 9.17) is 14.2 Å². The molecule has 2 amide bonds. The van der Waals surface area contributed by atoms with Gasteiger partial charge in [0.05, 0.1) is 23.5 Å². The summed E-state index contributed by atoms with van der Waals surface area (Å²) in [6, 6.07) is 15.5. The summed E-state index contributed by atoms with van der Waals surface area (Å²) in [5, 5.41) is 14.4. The van der Waals surface area contributed by atoms with Crippen LogP contribution in [0.4, 0.5) is 17.1 Å². The Bertz CT molecular complexity index is 1580. The smallest absolute Gasteiger partial charge is 0.311 e. The zero-order valence-electron chi connectivity index (χ0n) is 21.8. The van der Waals surface area contributed by atoms with Gasteiger partial charge in [0.2, 0.25) is 12.7 Å². The predicted octanol–water partition coefficient (Wildman–Crippen LogP) is 5.06. The normalized spacial score (nSPS) is 14.9. The molecule has 2 heterocycles. The van der Waals surface area contributed by atoms with Crippen LogP contribution in [0.2, 0.25) is 0 Å². The second kappa shape index (κ2) is 11.1. The van der Waals surface area contributed by atoms with Crippen LogP contribution in [0.25, 0.3) is 6.08 Å². The number of anilines is 2. The molecule has 204 valence electrons. The Morgan fingerprint density at radius 2 is 1.90 bits per heavy atom. The first kappa shape index (κ1) is 26.8. The van der Waals surface area contributed by atoms with Crippen LogP contribution in [0.15, 0.2) is 65.3 Å². The summed E-state index contributed by atoms with van der Waals surface area (Å²) in [7, 11) is 1.32. The third-order valence-corrected chi connectivity index (χ3v) is 7.09. The number of aryl methyl sites for hydroxylation is 2. The van der Waals surface area contributed by atoms with E-state index in [0.717, 1.165) is 17.3 Å². The van der Waals surface area contributed by atoms with Crippen molar-refractivity contribution >= 4 is 51.9 Å². The maximum absolute atomic E-state index is 13.5. The zero-order chi connectivity index (χ0) is 28.4. The van der Waals surface area contributed by atoms with Crippen molar-refractivity contribution in [2.24, 2.45) is 4.99 Å². The highest BCUT2D eigenvalue weighted by atomic mass is 32.2. The lowest BCUT2D eigenvalue weighted by Crippen LogP contribution is -2.31. The summed E-state index contributed by atoms with van der Waals surface area (Å²) in [6.07, 6.45) is 1.66. The van der Waals surface area contributed by atoms with Gasteiger partial charge in [-0.3, -0.25) is 24.6 Å². The van der Waals surface area contributed by atoms with Gasteiger partial charge in [-0.05, 0) is 55.3 Å². The van der Waals surface area contributed by atoms with Crippen molar-refractivity contribution in [1.82, 2.24) is 0 Å². The number of hydrogen-bond donors (Lipinski definition) is 1. The fourth-order valence-corrected chi connectivity index (χ4v) is 4.92. The maximum atomic E-state index is 13.5. The number of amidine groups is 1. The van der Waals surface area contributed by atoms with Crippen LogP contribution in [0.3, 0.4) is 0 Å². The number of amides is 2. The number of ether oxygens (including phenoxy) is 3. The van der Waals surface area contributed by atoms with Crippen molar-refractivity contribution in [1.29, 1.82) is 0 Å². The molecule has 2 aliphatic heterocycles. The lowest BCUT2D eigenvalue weighted by atomic mass is 10.1. The predicted molar refractivity (Wildman–Crippen MR) is 152 cm³/mol. The maximum Gasteiger partial charge on any atom is 0.311 e. The van der Waals surface area contributed by atoms with Crippen molar-refractivity contribution in [2.45, 2.75) is 13.8 Å².